The van der Waals surface area contributed by atoms with E-state index in [-0.39, 0.29) is 24.5 Å². The molecule has 21 heavy (non-hydrogen) atoms. The number of aryl methyl sites for hydroxylation is 1. The summed E-state index contributed by atoms with van der Waals surface area (Å²) in [5.41, 5.74) is 1.11. The van der Waals surface area contributed by atoms with E-state index in [1.165, 1.54) is 11.3 Å². The fourth-order valence-corrected chi connectivity index (χ4v) is 2.58. The molecule has 1 atom stereocenters. The summed E-state index contributed by atoms with van der Waals surface area (Å²) in [5, 5.41) is 13.5. The van der Waals surface area contributed by atoms with E-state index in [9.17, 15) is 14.7 Å². The van der Waals surface area contributed by atoms with E-state index in [0.717, 1.165) is 10.4 Å². The maximum atomic E-state index is 12.1. The van der Waals surface area contributed by atoms with E-state index < -0.39 is 12.0 Å². The molecule has 0 spiro atoms. The Balaban J connectivity index is 2.64. The van der Waals surface area contributed by atoms with Crippen LogP contribution in [0.1, 0.15) is 48.0 Å². The third-order valence-corrected chi connectivity index (χ3v) is 4.09. The largest absolute Gasteiger partial charge is 0.480 e. The van der Waals surface area contributed by atoms with Crippen molar-refractivity contribution in [2.75, 3.05) is 6.61 Å². The van der Waals surface area contributed by atoms with Crippen LogP contribution in [-0.2, 0) is 9.53 Å². The number of carboxylic acid groups (broad SMARTS) is 1. The molecule has 1 aromatic rings. The van der Waals surface area contributed by atoms with Crippen molar-refractivity contribution in [3.63, 3.8) is 0 Å². The summed E-state index contributed by atoms with van der Waals surface area (Å²) in [5.74, 6) is -1.40. The Hall–Kier alpha value is -1.40. The Labute approximate surface area is 129 Å². The van der Waals surface area contributed by atoms with E-state index in [1.54, 1.807) is 5.38 Å². The van der Waals surface area contributed by atoms with Crippen LogP contribution >= 0.6 is 11.3 Å². The fourth-order valence-electron chi connectivity index (χ4n) is 1.71. The molecule has 2 N–H and O–H groups in total. The van der Waals surface area contributed by atoms with E-state index in [4.69, 9.17) is 4.74 Å². The third kappa shape index (κ3) is 5.47. The summed E-state index contributed by atoms with van der Waals surface area (Å²) < 4.78 is 5.51. The van der Waals surface area contributed by atoms with Gasteiger partial charge in [-0.2, -0.15) is 0 Å². The Bertz CT molecular complexity index is 516. The van der Waals surface area contributed by atoms with Gasteiger partial charge in [-0.25, -0.2) is 4.79 Å². The van der Waals surface area contributed by atoms with E-state index in [1.807, 2.05) is 34.6 Å². The molecule has 0 saturated heterocycles. The molecule has 1 unspecified atom stereocenters. The molecule has 1 rings (SSSR count). The zero-order chi connectivity index (χ0) is 16.2. The number of carbonyl (C=O) groups is 2. The van der Waals surface area contributed by atoms with Gasteiger partial charge in [0.25, 0.3) is 5.91 Å². The van der Waals surface area contributed by atoms with Gasteiger partial charge in [0.05, 0.1) is 11.2 Å². The van der Waals surface area contributed by atoms with Crippen LogP contribution in [-0.4, -0.2) is 35.2 Å². The zero-order valence-corrected chi connectivity index (χ0v) is 14.0. The fraction of sp³-hybridized carbons (Fsp3) is 0.600. The summed E-state index contributed by atoms with van der Waals surface area (Å²) in [6.07, 6.45) is 0.237. The molecule has 0 aromatic carbocycles. The SMILES string of the molecule is Cc1scc(C(=O)NC(CCOC(C)(C)C)C(=O)O)c1C. The first-order valence-corrected chi connectivity index (χ1v) is 7.72. The zero-order valence-electron chi connectivity index (χ0n) is 13.1. The molecule has 5 nitrogen and oxygen atoms in total. The summed E-state index contributed by atoms with van der Waals surface area (Å²) in [7, 11) is 0. The molecule has 0 aliphatic rings. The van der Waals surface area contributed by atoms with Gasteiger partial charge in [0.15, 0.2) is 0 Å². The number of ether oxygens (including phenoxy) is 1. The van der Waals surface area contributed by atoms with Crippen LogP contribution in [0.25, 0.3) is 0 Å². The third-order valence-electron chi connectivity index (χ3n) is 3.08. The lowest BCUT2D eigenvalue weighted by Crippen LogP contribution is -2.42. The number of carbonyl (C=O) groups excluding carboxylic acids is 1. The Kier molecular flexibility index (Phi) is 5.92. The summed E-state index contributed by atoms with van der Waals surface area (Å²) in [6, 6.07) is -0.945. The van der Waals surface area contributed by atoms with Crippen molar-refractivity contribution >= 4 is 23.2 Å². The van der Waals surface area contributed by atoms with Crippen molar-refractivity contribution in [3.05, 3.63) is 21.4 Å². The highest BCUT2D eigenvalue weighted by molar-refractivity contribution is 7.10. The van der Waals surface area contributed by atoms with Gasteiger partial charge in [-0.3, -0.25) is 4.79 Å². The normalized spacial score (nSPS) is 13.0. The maximum Gasteiger partial charge on any atom is 0.326 e. The van der Waals surface area contributed by atoms with Crippen molar-refractivity contribution in [3.8, 4) is 0 Å². The van der Waals surface area contributed by atoms with Crippen LogP contribution in [0.5, 0.6) is 0 Å². The quantitative estimate of drug-likeness (QED) is 0.847. The van der Waals surface area contributed by atoms with Crippen LogP contribution in [0, 0.1) is 13.8 Å². The monoisotopic (exact) mass is 313 g/mol. The molecular weight excluding hydrogens is 290 g/mol. The lowest BCUT2D eigenvalue weighted by atomic mass is 10.1. The number of thiophene rings is 1. The first kappa shape index (κ1) is 17.7. The summed E-state index contributed by atoms with van der Waals surface area (Å²) >= 11 is 1.48. The molecule has 6 heteroatoms. The predicted molar refractivity (Wildman–Crippen MR) is 83.0 cm³/mol. The Morgan fingerprint density at radius 2 is 2.00 bits per heavy atom. The minimum absolute atomic E-state index is 0.237. The van der Waals surface area contributed by atoms with E-state index in [0.29, 0.717) is 5.56 Å². The number of amides is 1. The van der Waals surface area contributed by atoms with Gasteiger partial charge in [-0.15, -0.1) is 11.3 Å². The summed E-state index contributed by atoms with van der Waals surface area (Å²) in [4.78, 5) is 24.4. The van der Waals surface area contributed by atoms with Gasteiger partial charge in [-0.1, -0.05) is 0 Å². The molecule has 0 aliphatic heterocycles. The molecule has 0 bridgehead atoms. The lowest BCUT2D eigenvalue weighted by molar-refractivity contribution is -0.140. The van der Waals surface area contributed by atoms with Crippen molar-refractivity contribution in [2.45, 2.75) is 52.7 Å². The van der Waals surface area contributed by atoms with E-state index in [2.05, 4.69) is 5.32 Å². The molecule has 0 saturated carbocycles. The van der Waals surface area contributed by atoms with Gasteiger partial charge >= 0.3 is 5.97 Å². The van der Waals surface area contributed by atoms with Gasteiger partial charge in [0.1, 0.15) is 6.04 Å². The minimum Gasteiger partial charge on any atom is -0.480 e. The summed E-state index contributed by atoms with van der Waals surface area (Å²) in [6.45, 7) is 9.78. The molecule has 1 aromatic heterocycles. The van der Waals surface area contributed by atoms with Crippen LogP contribution in [0.15, 0.2) is 5.38 Å². The molecule has 1 amide bonds. The van der Waals surface area contributed by atoms with Crippen LogP contribution in [0.3, 0.4) is 0 Å². The number of hydrogen-bond acceptors (Lipinski definition) is 4. The van der Waals surface area contributed by atoms with Crippen LogP contribution in [0.4, 0.5) is 0 Å². The molecule has 0 aliphatic carbocycles. The smallest absolute Gasteiger partial charge is 0.326 e. The van der Waals surface area contributed by atoms with Gasteiger partial charge in [-0.05, 0) is 40.2 Å². The van der Waals surface area contributed by atoms with Crippen molar-refractivity contribution in [1.29, 1.82) is 0 Å². The Morgan fingerprint density at radius 1 is 1.38 bits per heavy atom. The number of nitrogens with one attached hydrogen (secondary N) is 1. The second-order valence-corrected chi connectivity index (χ2v) is 7.03. The average molecular weight is 313 g/mol. The molecular formula is C15H23NO4S. The molecule has 118 valence electrons. The highest BCUT2D eigenvalue weighted by atomic mass is 32.1. The first-order valence-electron chi connectivity index (χ1n) is 6.84. The van der Waals surface area contributed by atoms with Crippen molar-refractivity contribution in [1.82, 2.24) is 5.32 Å². The Morgan fingerprint density at radius 3 is 2.43 bits per heavy atom. The van der Waals surface area contributed by atoms with Crippen LogP contribution < -0.4 is 5.32 Å². The van der Waals surface area contributed by atoms with E-state index >= 15 is 0 Å². The maximum absolute atomic E-state index is 12.1. The van der Waals surface area contributed by atoms with Gasteiger partial charge in [0, 0.05) is 23.3 Å². The molecule has 0 fully saturated rings. The predicted octanol–water partition coefficient (Wildman–Crippen LogP) is 2.75. The molecule has 0 radical (unpaired) electrons. The second-order valence-electron chi connectivity index (χ2n) is 5.94. The number of rotatable bonds is 6. The second kappa shape index (κ2) is 7.04. The number of hydrogen-bond donors (Lipinski definition) is 2. The highest BCUT2D eigenvalue weighted by Gasteiger charge is 2.23. The standard InChI is InChI=1S/C15H23NO4S/c1-9-10(2)21-8-11(9)13(17)16-12(14(18)19)6-7-20-15(3,4)5/h8,12H,6-7H2,1-5H3,(H,16,17)(H,18,19). The topological polar surface area (TPSA) is 75.6 Å². The van der Waals surface area contributed by atoms with Crippen LogP contribution in [0.2, 0.25) is 0 Å². The van der Waals surface area contributed by atoms with Crippen molar-refractivity contribution in [2.24, 2.45) is 0 Å². The first-order chi connectivity index (χ1) is 9.61. The number of carboxylic acids is 1. The van der Waals surface area contributed by atoms with Gasteiger partial charge < -0.3 is 15.2 Å². The molecule has 1 heterocycles. The minimum atomic E-state index is -1.05. The number of aliphatic carboxylic acids is 1. The highest BCUT2D eigenvalue weighted by Crippen LogP contribution is 2.20. The lowest BCUT2D eigenvalue weighted by Gasteiger charge is -2.21. The average Bonchev–Trinajstić information content (AvgIpc) is 2.67. The van der Waals surface area contributed by atoms with Crippen molar-refractivity contribution < 1.29 is 19.4 Å². The van der Waals surface area contributed by atoms with Gasteiger partial charge in [0.2, 0.25) is 0 Å².